The first-order valence-corrected chi connectivity index (χ1v) is 6.70. The minimum Gasteiger partial charge on any atom is -0.315 e. The molecule has 16 heavy (non-hydrogen) atoms. The van der Waals surface area contributed by atoms with Gasteiger partial charge in [0.25, 0.3) is 0 Å². The molecule has 1 aliphatic heterocycles. The second-order valence-corrected chi connectivity index (χ2v) is 5.61. The van der Waals surface area contributed by atoms with Gasteiger partial charge >= 0.3 is 0 Å². The molecule has 0 aliphatic carbocycles. The van der Waals surface area contributed by atoms with Crippen molar-refractivity contribution in [2.75, 3.05) is 46.3 Å². The van der Waals surface area contributed by atoms with Crippen molar-refractivity contribution in [3.05, 3.63) is 0 Å². The number of likely N-dealkylation sites (N-methyl/N-ethyl adjacent to an activating group) is 1. The number of nitrogens with zero attached hydrogens (tertiary/aromatic N) is 2. The van der Waals surface area contributed by atoms with Crippen molar-refractivity contribution in [3.8, 4) is 0 Å². The Balaban J connectivity index is 2.14. The molecule has 0 amide bonds. The highest BCUT2D eigenvalue weighted by atomic mass is 15.3. The Morgan fingerprint density at radius 3 is 2.56 bits per heavy atom. The summed E-state index contributed by atoms with van der Waals surface area (Å²) in [6, 6.07) is 0. The Bertz CT molecular complexity index is 192. The van der Waals surface area contributed by atoms with Crippen molar-refractivity contribution in [2.45, 2.75) is 39.2 Å². The van der Waals surface area contributed by atoms with Gasteiger partial charge in [0.15, 0.2) is 0 Å². The molecule has 0 radical (unpaired) electrons. The molecule has 96 valence electrons. The maximum Gasteiger partial charge on any atom is 0.0277 e. The fourth-order valence-electron chi connectivity index (χ4n) is 2.20. The highest BCUT2D eigenvalue weighted by molar-refractivity contribution is 4.88. The van der Waals surface area contributed by atoms with E-state index in [1.807, 2.05) is 0 Å². The maximum atomic E-state index is 3.52. The lowest BCUT2D eigenvalue weighted by atomic mass is 10.00. The summed E-state index contributed by atoms with van der Waals surface area (Å²) in [7, 11) is 2.23. The Morgan fingerprint density at radius 1 is 1.19 bits per heavy atom. The van der Waals surface area contributed by atoms with Crippen LogP contribution in [0, 0.1) is 0 Å². The number of unbranched alkanes of at least 4 members (excludes halogenated alkanes) is 1. The fourth-order valence-corrected chi connectivity index (χ4v) is 2.20. The van der Waals surface area contributed by atoms with E-state index in [4.69, 9.17) is 0 Å². The number of piperazine rings is 1. The van der Waals surface area contributed by atoms with E-state index in [-0.39, 0.29) is 0 Å². The molecule has 0 aromatic rings. The van der Waals surface area contributed by atoms with Crippen LogP contribution >= 0.6 is 0 Å². The van der Waals surface area contributed by atoms with Crippen molar-refractivity contribution in [1.82, 2.24) is 15.1 Å². The van der Waals surface area contributed by atoms with E-state index in [0.717, 1.165) is 6.54 Å². The highest BCUT2D eigenvalue weighted by Gasteiger charge is 2.30. The van der Waals surface area contributed by atoms with Gasteiger partial charge in [-0.1, -0.05) is 13.3 Å². The molecule has 1 fully saturated rings. The number of hydrogen-bond donors (Lipinski definition) is 1. The van der Waals surface area contributed by atoms with Crippen molar-refractivity contribution >= 4 is 0 Å². The summed E-state index contributed by atoms with van der Waals surface area (Å²) in [5.74, 6) is 0. The predicted octanol–water partition coefficient (Wildman–Crippen LogP) is 1.40. The van der Waals surface area contributed by atoms with E-state index in [2.05, 4.69) is 42.9 Å². The van der Waals surface area contributed by atoms with Gasteiger partial charge in [-0.3, -0.25) is 9.80 Å². The van der Waals surface area contributed by atoms with Crippen LogP contribution in [0.2, 0.25) is 0 Å². The number of nitrogens with one attached hydrogen (secondary N) is 1. The van der Waals surface area contributed by atoms with Crippen molar-refractivity contribution < 1.29 is 0 Å². The van der Waals surface area contributed by atoms with Crippen LogP contribution in [0.15, 0.2) is 0 Å². The molecule has 0 atom stereocenters. The second kappa shape index (κ2) is 6.58. The van der Waals surface area contributed by atoms with E-state index >= 15 is 0 Å². The normalized spacial score (nSPS) is 22.5. The van der Waals surface area contributed by atoms with Gasteiger partial charge < -0.3 is 5.32 Å². The lowest BCUT2D eigenvalue weighted by Gasteiger charge is -2.45. The summed E-state index contributed by atoms with van der Waals surface area (Å²) in [6.07, 6.45) is 2.59. The molecular weight excluding hydrogens is 198 g/mol. The Kier molecular flexibility index (Phi) is 5.73. The lowest BCUT2D eigenvalue weighted by molar-refractivity contribution is 0.0407. The number of rotatable bonds is 6. The third-order valence-corrected chi connectivity index (χ3v) is 3.71. The van der Waals surface area contributed by atoms with Gasteiger partial charge in [-0.25, -0.2) is 0 Å². The molecule has 1 saturated heterocycles. The van der Waals surface area contributed by atoms with Crippen LogP contribution in [0.25, 0.3) is 0 Å². The monoisotopic (exact) mass is 227 g/mol. The molecule has 1 N–H and O–H groups in total. The topological polar surface area (TPSA) is 18.5 Å². The molecule has 0 bridgehead atoms. The van der Waals surface area contributed by atoms with E-state index in [9.17, 15) is 0 Å². The molecule has 1 rings (SSSR count). The molecule has 0 unspecified atom stereocenters. The summed E-state index contributed by atoms with van der Waals surface area (Å²) in [5.41, 5.74) is 0.335. The summed E-state index contributed by atoms with van der Waals surface area (Å²) in [6.45, 7) is 14.0. The average molecular weight is 227 g/mol. The average Bonchev–Trinajstić information content (AvgIpc) is 2.23. The predicted molar refractivity (Wildman–Crippen MR) is 70.9 cm³/mol. The van der Waals surface area contributed by atoms with Crippen molar-refractivity contribution in [2.24, 2.45) is 0 Å². The summed E-state index contributed by atoms with van der Waals surface area (Å²) < 4.78 is 0. The van der Waals surface area contributed by atoms with Crippen LogP contribution in [0.4, 0.5) is 0 Å². The van der Waals surface area contributed by atoms with Gasteiger partial charge in [-0.15, -0.1) is 0 Å². The first-order valence-electron chi connectivity index (χ1n) is 6.70. The van der Waals surface area contributed by atoms with E-state index in [1.165, 1.54) is 45.6 Å². The molecule has 0 spiro atoms. The molecular formula is C13H29N3. The first-order chi connectivity index (χ1) is 7.56. The van der Waals surface area contributed by atoms with Gasteiger partial charge in [0.2, 0.25) is 0 Å². The van der Waals surface area contributed by atoms with Gasteiger partial charge in [-0.2, -0.15) is 0 Å². The molecule has 0 aromatic heterocycles. The van der Waals surface area contributed by atoms with E-state index in [0.29, 0.717) is 5.54 Å². The van der Waals surface area contributed by atoms with Crippen LogP contribution in [0.1, 0.15) is 33.6 Å². The van der Waals surface area contributed by atoms with Gasteiger partial charge in [-0.05, 0) is 33.9 Å². The SMILES string of the molecule is CCCCNCCN1CCN(C)C(C)(C)C1. The molecule has 0 aromatic carbocycles. The maximum absolute atomic E-state index is 3.52. The largest absolute Gasteiger partial charge is 0.315 e. The quantitative estimate of drug-likeness (QED) is 0.692. The summed E-state index contributed by atoms with van der Waals surface area (Å²) >= 11 is 0. The van der Waals surface area contributed by atoms with Gasteiger partial charge in [0, 0.05) is 38.3 Å². The smallest absolute Gasteiger partial charge is 0.0277 e. The van der Waals surface area contributed by atoms with E-state index < -0.39 is 0 Å². The van der Waals surface area contributed by atoms with Crippen molar-refractivity contribution in [3.63, 3.8) is 0 Å². The minimum absolute atomic E-state index is 0.335. The Labute approximate surface area is 101 Å². The third-order valence-electron chi connectivity index (χ3n) is 3.71. The Hall–Kier alpha value is -0.120. The standard InChI is InChI=1S/C13H29N3/c1-5-6-7-14-8-9-16-11-10-15(4)13(2,3)12-16/h14H,5-12H2,1-4H3. The molecule has 3 heteroatoms. The molecule has 1 aliphatic rings. The summed E-state index contributed by atoms with van der Waals surface area (Å²) in [4.78, 5) is 5.05. The zero-order chi connectivity index (χ0) is 12.0. The van der Waals surface area contributed by atoms with Crippen LogP contribution in [0.3, 0.4) is 0 Å². The summed E-state index contributed by atoms with van der Waals surface area (Å²) in [5, 5.41) is 3.52. The van der Waals surface area contributed by atoms with Crippen molar-refractivity contribution in [1.29, 1.82) is 0 Å². The second-order valence-electron chi connectivity index (χ2n) is 5.61. The Morgan fingerprint density at radius 2 is 1.94 bits per heavy atom. The number of hydrogen-bond acceptors (Lipinski definition) is 3. The van der Waals surface area contributed by atoms with Crippen LogP contribution in [-0.4, -0.2) is 61.7 Å². The molecule has 0 saturated carbocycles. The minimum atomic E-state index is 0.335. The lowest BCUT2D eigenvalue weighted by Crippen LogP contribution is -2.58. The van der Waals surface area contributed by atoms with E-state index in [1.54, 1.807) is 0 Å². The van der Waals surface area contributed by atoms with Gasteiger partial charge in [0.1, 0.15) is 0 Å². The fraction of sp³-hybridized carbons (Fsp3) is 1.00. The highest BCUT2D eigenvalue weighted by Crippen LogP contribution is 2.18. The first kappa shape index (κ1) is 13.9. The van der Waals surface area contributed by atoms with Crippen LogP contribution in [0.5, 0.6) is 0 Å². The molecule has 3 nitrogen and oxygen atoms in total. The molecule has 1 heterocycles. The van der Waals surface area contributed by atoms with Crippen LogP contribution in [-0.2, 0) is 0 Å². The zero-order valence-electron chi connectivity index (χ0n) is 11.6. The van der Waals surface area contributed by atoms with Gasteiger partial charge in [0.05, 0.1) is 0 Å². The van der Waals surface area contributed by atoms with Crippen LogP contribution < -0.4 is 5.32 Å². The third kappa shape index (κ3) is 4.40. The zero-order valence-corrected chi connectivity index (χ0v) is 11.6.